The van der Waals surface area contributed by atoms with Gasteiger partial charge in [-0.2, -0.15) is 0 Å². The van der Waals surface area contributed by atoms with Crippen molar-refractivity contribution in [3.05, 3.63) is 24.3 Å². The number of carbonyl (C=O) groups excluding carboxylic acids is 1. The lowest BCUT2D eigenvalue weighted by Crippen LogP contribution is -2.45. The minimum Gasteiger partial charge on any atom is -0.394 e. The van der Waals surface area contributed by atoms with E-state index in [-0.39, 0.29) is 12.5 Å². The number of hydrogen-bond donors (Lipinski definition) is 3. The summed E-state index contributed by atoms with van der Waals surface area (Å²) in [6.07, 6.45) is 69.2. The Morgan fingerprint density at radius 1 is 0.383 bits per heavy atom. The van der Waals surface area contributed by atoms with E-state index in [2.05, 4.69) is 31.3 Å². The molecule has 2 unspecified atom stereocenters. The summed E-state index contributed by atoms with van der Waals surface area (Å²) in [7, 11) is 0. The molecule has 0 spiro atoms. The van der Waals surface area contributed by atoms with Crippen molar-refractivity contribution in [2.45, 2.75) is 321 Å². The maximum atomic E-state index is 12.4. The molecule has 0 saturated carbocycles. The lowest BCUT2D eigenvalue weighted by molar-refractivity contribution is -0.123. The second-order valence-corrected chi connectivity index (χ2v) is 19.0. The molecule has 0 aliphatic carbocycles. The average Bonchev–Trinajstić information content (AvgIpc) is 3.25. The van der Waals surface area contributed by atoms with Crippen LogP contribution in [0.3, 0.4) is 0 Å². The molecule has 0 aromatic rings. The van der Waals surface area contributed by atoms with E-state index in [1.165, 1.54) is 263 Å². The fourth-order valence-electron chi connectivity index (χ4n) is 8.71. The van der Waals surface area contributed by atoms with E-state index in [9.17, 15) is 15.0 Å². The van der Waals surface area contributed by atoms with Gasteiger partial charge in [-0.05, 0) is 44.9 Å². The van der Waals surface area contributed by atoms with E-state index in [0.29, 0.717) is 6.42 Å². The molecule has 2 atom stereocenters. The van der Waals surface area contributed by atoms with Crippen molar-refractivity contribution in [3.63, 3.8) is 0 Å². The maximum absolute atomic E-state index is 12.4. The summed E-state index contributed by atoms with van der Waals surface area (Å²) >= 11 is 0. The van der Waals surface area contributed by atoms with Crippen molar-refractivity contribution < 1.29 is 15.0 Å². The number of aliphatic hydroxyl groups excluding tert-OH is 2. The van der Waals surface area contributed by atoms with E-state index in [1.807, 2.05) is 6.08 Å². The Morgan fingerprint density at radius 2 is 0.633 bits per heavy atom. The summed E-state index contributed by atoms with van der Waals surface area (Å²) in [5.41, 5.74) is 0. The molecule has 4 nitrogen and oxygen atoms in total. The number of aliphatic hydroxyl groups is 2. The van der Waals surface area contributed by atoms with Crippen LogP contribution in [0.25, 0.3) is 0 Å². The molecule has 356 valence electrons. The van der Waals surface area contributed by atoms with Crippen LogP contribution in [0.4, 0.5) is 0 Å². The number of unbranched alkanes of at least 4 members (excludes halogenated alkanes) is 42. The number of nitrogens with one attached hydrogen (secondary N) is 1. The first-order valence-electron chi connectivity index (χ1n) is 27.6. The summed E-state index contributed by atoms with van der Waals surface area (Å²) in [6, 6.07) is -0.618. The highest BCUT2D eigenvalue weighted by atomic mass is 16.3. The zero-order valence-electron chi connectivity index (χ0n) is 41.0. The normalized spacial score (nSPS) is 12.9. The van der Waals surface area contributed by atoms with Gasteiger partial charge in [-0.3, -0.25) is 4.79 Å². The minimum atomic E-state index is -0.835. The molecule has 0 saturated heterocycles. The summed E-state index contributed by atoms with van der Waals surface area (Å²) < 4.78 is 0. The van der Waals surface area contributed by atoms with Crippen LogP contribution in [0.5, 0.6) is 0 Å². The summed E-state index contributed by atoms with van der Waals surface area (Å²) in [4.78, 5) is 12.4. The molecular formula is C56H109NO3. The van der Waals surface area contributed by atoms with E-state index in [0.717, 1.165) is 25.7 Å². The Bertz CT molecular complexity index is 871. The van der Waals surface area contributed by atoms with Gasteiger partial charge in [0.1, 0.15) is 0 Å². The lowest BCUT2D eigenvalue weighted by atomic mass is 10.0. The van der Waals surface area contributed by atoms with Crippen molar-refractivity contribution in [2.75, 3.05) is 6.61 Å². The third-order valence-electron chi connectivity index (χ3n) is 12.9. The van der Waals surface area contributed by atoms with Crippen molar-refractivity contribution in [2.24, 2.45) is 0 Å². The molecule has 3 N–H and O–H groups in total. The quantitative estimate of drug-likeness (QED) is 0.0422. The van der Waals surface area contributed by atoms with Crippen LogP contribution in [0.1, 0.15) is 309 Å². The predicted molar refractivity (Wildman–Crippen MR) is 267 cm³/mol. The number of carbonyl (C=O) groups is 1. The van der Waals surface area contributed by atoms with Crippen molar-refractivity contribution in [1.82, 2.24) is 5.32 Å². The molecule has 0 radical (unpaired) electrons. The second kappa shape index (κ2) is 52.2. The monoisotopic (exact) mass is 844 g/mol. The molecular weight excluding hydrogens is 735 g/mol. The molecule has 0 aliphatic heterocycles. The third-order valence-corrected chi connectivity index (χ3v) is 12.9. The summed E-state index contributed by atoms with van der Waals surface area (Å²) in [5.74, 6) is -0.0588. The second-order valence-electron chi connectivity index (χ2n) is 19.0. The molecule has 1 amide bonds. The molecule has 60 heavy (non-hydrogen) atoms. The van der Waals surface area contributed by atoms with E-state index < -0.39 is 12.1 Å². The van der Waals surface area contributed by atoms with Crippen LogP contribution in [0.15, 0.2) is 24.3 Å². The Hall–Kier alpha value is -1.13. The van der Waals surface area contributed by atoms with Gasteiger partial charge in [-0.15, -0.1) is 0 Å². The van der Waals surface area contributed by atoms with E-state index in [4.69, 9.17) is 0 Å². The fourth-order valence-corrected chi connectivity index (χ4v) is 8.71. The standard InChI is InChI=1S/C56H109NO3/c1-3-5-7-9-11-13-15-17-18-19-20-21-22-23-24-25-26-27-28-29-30-31-32-33-34-35-36-37-38-40-42-44-46-48-50-52-56(60)57-54(53-58)55(59)51-49-47-45-43-41-39-16-14-12-10-8-6-4-2/h19-20,49,51,54-55,58-59H,3-18,21-48,50,52-53H2,1-2H3,(H,57,60)/b20-19-,51-49+. The van der Waals surface area contributed by atoms with Crippen LogP contribution >= 0.6 is 0 Å². The Morgan fingerprint density at radius 3 is 0.917 bits per heavy atom. The molecule has 0 aliphatic rings. The molecule has 0 aromatic carbocycles. The van der Waals surface area contributed by atoms with Gasteiger partial charge in [-0.1, -0.05) is 282 Å². The molecule has 0 bridgehead atoms. The van der Waals surface area contributed by atoms with Crippen LogP contribution in [0.2, 0.25) is 0 Å². The van der Waals surface area contributed by atoms with Gasteiger partial charge < -0.3 is 15.5 Å². The molecule has 0 fully saturated rings. The van der Waals surface area contributed by atoms with Gasteiger partial charge in [0.05, 0.1) is 18.8 Å². The van der Waals surface area contributed by atoms with Gasteiger partial charge in [0.25, 0.3) is 0 Å². The predicted octanol–water partition coefficient (Wildman–Crippen LogP) is 17.9. The smallest absolute Gasteiger partial charge is 0.220 e. The summed E-state index contributed by atoms with van der Waals surface area (Å²) in [6.45, 7) is 4.33. The Balaban J connectivity index is 3.38. The first kappa shape index (κ1) is 58.9. The fraction of sp³-hybridized carbons (Fsp3) is 0.911. The van der Waals surface area contributed by atoms with E-state index >= 15 is 0 Å². The lowest BCUT2D eigenvalue weighted by Gasteiger charge is -2.20. The zero-order chi connectivity index (χ0) is 43.5. The Labute approximate surface area is 377 Å². The van der Waals surface area contributed by atoms with Crippen molar-refractivity contribution >= 4 is 5.91 Å². The molecule has 0 heterocycles. The molecule has 0 aromatic heterocycles. The van der Waals surface area contributed by atoms with Crippen molar-refractivity contribution in [3.8, 4) is 0 Å². The van der Waals surface area contributed by atoms with Crippen LogP contribution in [-0.4, -0.2) is 34.9 Å². The first-order chi connectivity index (χ1) is 29.7. The number of allylic oxidation sites excluding steroid dienone is 3. The number of rotatable bonds is 51. The zero-order valence-corrected chi connectivity index (χ0v) is 41.0. The van der Waals surface area contributed by atoms with E-state index in [1.54, 1.807) is 6.08 Å². The Kier molecular flexibility index (Phi) is 51.2. The molecule has 4 heteroatoms. The summed E-state index contributed by atoms with van der Waals surface area (Å²) in [5, 5.41) is 23.1. The highest BCUT2D eigenvalue weighted by Gasteiger charge is 2.18. The van der Waals surface area contributed by atoms with Crippen molar-refractivity contribution in [1.29, 1.82) is 0 Å². The van der Waals surface area contributed by atoms with Crippen LogP contribution in [0, 0.1) is 0 Å². The number of amides is 1. The van der Waals surface area contributed by atoms with Crippen LogP contribution in [-0.2, 0) is 4.79 Å². The number of hydrogen-bond acceptors (Lipinski definition) is 3. The van der Waals surface area contributed by atoms with Gasteiger partial charge in [0.15, 0.2) is 0 Å². The largest absolute Gasteiger partial charge is 0.394 e. The highest BCUT2D eigenvalue weighted by Crippen LogP contribution is 2.17. The topological polar surface area (TPSA) is 69.6 Å². The van der Waals surface area contributed by atoms with Gasteiger partial charge >= 0.3 is 0 Å². The SMILES string of the molecule is CCCCCCCCCC/C=C\CCCCCCCCCCCCCCCCCCCCCCCCCC(=O)NC(CO)C(O)/C=C/CCCCCCCCCCCCC. The average molecular weight is 844 g/mol. The van der Waals surface area contributed by atoms with Crippen LogP contribution < -0.4 is 5.32 Å². The molecule has 0 rings (SSSR count). The highest BCUT2D eigenvalue weighted by molar-refractivity contribution is 5.76. The maximum Gasteiger partial charge on any atom is 0.220 e. The minimum absolute atomic E-state index is 0.0588. The van der Waals surface area contributed by atoms with Gasteiger partial charge in [0, 0.05) is 6.42 Å². The van der Waals surface area contributed by atoms with Gasteiger partial charge in [-0.25, -0.2) is 0 Å². The first-order valence-corrected chi connectivity index (χ1v) is 27.6. The van der Waals surface area contributed by atoms with Gasteiger partial charge in [0.2, 0.25) is 5.91 Å². The third kappa shape index (κ3) is 47.9.